The highest BCUT2D eigenvalue weighted by molar-refractivity contribution is 9.10. The van der Waals surface area contributed by atoms with Crippen molar-refractivity contribution in [3.63, 3.8) is 0 Å². The van der Waals surface area contributed by atoms with E-state index in [9.17, 15) is 13.2 Å². The number of alkyl halides is 3. The van der Waals surface area contributed by atoms with Gasteiger partial charge < -0.3 is 4.74 Å². The summed E-state index contributed by atoms with van der Waals surface area (Å²) in [6, 6.07) is 3.59. The van der Waals surface area contributed by atoms with Crippen molar-refractivity contribution in [2.75, 3.05) is 6.61 Å². The van der Waals surface area contributed by atoms with Gasteiger partial charge in [-0.15, -0.1) is 0 Å². The first-order chi connectivity index (χ1) is 7.86. The molecule has 5 heteroatoms. The highest BCUT2D eigenvalue weighted by Gasteiger charge is 2.31. The first-order valence-corrected chi connectivity index (χ1v) is 6.13. The molecule has 96 valence electrons. The molecule has 1 nitrogen and oxygen atoms in total. The maximum absolute atomic E-state index is 12.6. The second kappa shape index (κ2) is 5.87. The van der Waals surface area contributed by atoms with Gasteiger partial charge in [0.15, 0.2) is 0 Å². The molecule has 0 radical (unpaired) electrons. The molecule has 0 fully saturated rings. The fourth-order valence-corrected chi connectivity index (χ4v) is 1.99. The van der Waals surface area contributed by atoms with Crippen LogP contribution in [-0.4, -0.2) is 6.61 Å². The molecule has 0 aliphatic heterocycles. The summed E-state index contributed by atoms with van der Waals surface area (Å²) < 4.78 is 43.7. The predicted molar refractivity (Wildman–Crippen MR) is 63.8 cm³/mol. The monoisotopic (exact) mass is 310 g/mol. The maximum atomic E-state index is 12.6. The summed E-state index contributed by atoms with van der Waals surface area (Å²) in [7, 11) is 0. The van der Waals surface area contributed by atoms with E-state index in [1.807, 2.05) is 6.92 Å². The summed E-state index contributed by atoms with van der Waals surface area (Å²) in [5.41, 5.74) is -0.129. The van der Waals surface area contributed by atoms with Crippen LogP contribution in [0.3, 0.4) is 0 Å². The van der Waals surface area contributed by atoms with Gasteiger partial charge in [-0.25, -0.2) is 0 Å². The molecule has 1 rings (SSSR count). The Balaban J connectivity index is 2.98. The normalized spacial score (nSPS) is 13.8. The van der Waals surface area contributed by atoms with Crippen molar-refractivity contribution in [1.29, 1.82) is 0 Å². The number of halogens is 4. The molecule has 0 aliphatic carbocycles. The smallest absolute Gasteiger partial charge is 0.374 e. The minimum Gasteiger partial charge on any atom is -0.374 e. The van der Waals surface area contributed by atoms with E-state index in [2.05, 4.69) is 15.9 Å². The highest BCUT2D eigenvalue weighted by Crippen LogP contribution is 2.34. The van der Waals surface area contributed by atoms with E-state index < -0.39 is 11.7 Å². The SMILES string of the molecule is CCCOC(C)c1cc(C(F)(F)F)ccc1Br. The number of hydrogen-bond donors (Lipinski definition) is 0. The largest absolute Gasteiger partial charge is 0.416 e. The van der Waals surface area contributed by atoms with Crippen molar-refractivity contribution >= 4 is 15.9 Å². The van der Waals surface area contributed by atoms with Crippen LogP contribution in [-0.2, 0) is 10.9 Å². The van der Waals surface area contributed by atoms with Crippen LogP contribution in [0.5, 0.6) is 0 Å². The van der Waals surface area contributed by atoms with Gasteiger partial charge in [-0.3, -0.25) is 0 Å². The van der Waals surface area contributed by atoms with E-state index in [-0.39, 0.29) is 6.10 Å². The van der Waals surface area contributed by atoms with Crippen molar-refractivity contribution in [2.24, 2.45) is 0 Å². The zero-order chi connectivity index (χ0) is 13.1. The van der Waals surface area contributed by atoms with Crippen LogP contribution in [0.4, 0.5) is 13.2 Å². The van der Waals surface area contributed by atoms with Gasteiger partial charge in [0, 0.05) is 11.1 Å². The Morgan fingerprint density at radius 1 is 1.35 bits per heavy atom. The van der Waals surface area contributed by atoms with Crippen molar-refractivity contribution in [1.82, 2.24) is 0 Å². The number of ether oxygens (including phenoxy) is 1. The molecule has 0 saturated heterocycles. The third kappa shape index (κ3) is 4.00. The molecule has 0 N–H and O–H groups in total. The van der Waals surface area contributed by atoms with E-state index in [0.717, 1.165) is 18.6 Å². The van der Waals surface area contributed by atoms with Crippen molar-refractivity contribution in [2.45, 2.75) is 32.5 Å². The first kappa shape index (κ1) is 14.5. The zero-order valence-corrected chi connectivity index (χ0v) is 11.2. The van der Waals surface area contributed by atoms with Crippen molar-refractivity contribution in [3.8, 4) is 0 Å². The van der Waals surface area contributed by atoms with Crippen molar-refractivity contribution in [3.05, 3.63) is 33.8 Å². The van der Waals surface area contributed by atoms with Gasteiger partial charge in [-0.05, 0) is 37.1 Å². The topological polar surface area (TPSA) is 9.23 Å². The fourth-order valence-electron chi connectivity index (χ4n) is 1.42. The van der Waals surface area contributed by atoms with Gasteiger partial charge in [-0.1, -0.05) is 22.9 Å². The van der Waals surface area contributed by atoms with Gasteiger partial charge in [0.2, 0.25) is 0 Å². The molecule has 0 aromatic heterocycles. The molecular weight excluding hydrogens is 297 g/mol. The van der Waals surface area contributed by atoms with Crippen LogP contribution in [0.2, 0.25) is 0 Å². The third-order valence-corrected chi connectivity index (χ3v) is 3.06. The summed E-state index contributed by atoms with van der Waals surface area (Å²) in [5, 5.41) is 0. The second-order valence-corrected chi connectivity index (χ2v) is 4.60. The Morgan fingerprint density at radius 2 is 2.00 bits per heavy atom. The molecule has 1 aromatic carbocycles. The maximum Gasteiger partial charge on any atom is 0.416 e. The Kier molecular flexibility index (Phi) is 5.01. The third-order valence-electron chi connectivity index (χ3n) is 2.33. The minimum absolute atomic E-state index is 0.355. The van der Waals surface area contributed by atoms with Crippen LogP contribution in [0.1, 0.15) is 37.5 Å². The summed E-state index contributed by atoms with van der Waals surface area (Å²) in [6.07, 6.45) is -3.84. The average Bonchev–Trinajstić information content (AvgIpc) is 2.24. The fraction of sp³-hybridized carbons (Fsp3) is 0.500. The number of rotatable bonds is 4. The second-order valence-electron chi connectivity index (χ2n) is 3.75. The number of benzene rings is 1. The lowest BCUT2D eigenvalue weighted by Gasteiger charge is -2.16. The van der Waals surface area contributed by atoms with Gasteiger partial charge >= 0.3 is 6.18 Å². The van der Waals surface area contributed by atoms with Crippen LogP contribution in [0, 0.1) is 0 Å². The van der Waals surface area contributed by atoms with E-state index in [4.69, 9.17) is 4.74 Å². The van der Waals surface area contributed by atoms with Crippen LogP contribution in [0.25, 0.3) is 0 Å². The van der Waals surface area contributed by atoms with Crippen LogP contribution in [0.15, 0.2) is 22.7 Å². The molecule has 0 amide bonds. The molecule has 1 aromatic rings. The van der Waals surface area contributed by atoms with E-state index in [0.29, 0.717) is 16.6 Å². The lowest BCUT2D eigenvalue weighted by molar-refractivity contribution is -0.137. The number of hydrogen-bond acceptors (Lipinski definition) is 1. The first-order valence-electron chi connectivity index (χ1n) is 5.34. The van der Waals surface area contributed by atoms with Gasteiger partial charge in [0.05, 0.1) is 11.7 Å². The molecule has 1 unspecified atom stereocenters. The Hall–Kier alpha value is -0.550. The molecule has 0 saturated carbocycles. The zero-order valence-electron chi connectivity index (χ0n) is 9.64. The molecule has 0 spiro atoms. The standard InChI is InChI=1S/C12H14BrF3O/c1-3-6-17-8(2)10-7-9(12(14,15)16)4-5-11(10)13/h4-5,7-8H,3,6H2,1-2H3. The molecule has 0 heterocycles. The Bertz CT molecular complexity index is 377. The molecule has 17 heavy (non-hydrogen) atoms. The van der Waals surface area contributed by atoms with E-state index in [1.165, 1.54) is 6.07 Å². The van der Waals surface area contributed by atoms with E-state index >= 15 is 0 Å². The Labute approximate surface area is 107 Å². The van der Waals surface area contributed by atoms with Gasteiger partial charge in [0.25, 0.3) is 0 Å². The Morgan fingerprint density at radius 3 is 2.53 bits per heavy atom. The lowest BCUT2D eigenvalue weighted by Crippen LogP contribution is -2.08. The lowest BCUT2D eigenvalue weighted by atomic mass is 10.1. The van der Waals surface area contributed by atoms with E-state index in [1.54, 1.807) is 6.92 Å². The molecule has 0 aliphatic rings. The summed E-state index contributed by atoms with van der Waals surface area (Å²) in [6.45, 7) is 4.23. The average molecular weight is 311 g/mol. The molecule has 0 bridgehead atoms. The highest BCUT2D eigenvalue weighted by atomic mass is 79.9. The quantitative estimate of drug-likeness (QED) is 0.764. The molecule has 1 atom stereocenters. The van der Waals surface area contributed by atoms with Crippen molar-refractivity contribution < 1.29 is 17.9 Å². The van der Waals surface area contributed by atoms with Crippen LogP contribution < -0.4 is 0 Å². The summed E-state index contributed by atoms with van der Waals surface area (Å²) >= 11 is 3.24. The van der Waals surface area contributed by atoms with Gasteiger partial charge in [0.1, 0.15) is 0 Å². The van der Waals surface area contributed by atoms with Crippen LogP contribution >= 0.6 is 15.9 Å². The summed E-state index contributed by atoms with van der Waals surface area (Å²) in [4.78, 5) is 0. The van der Waals surface area contributed by atoms with Gasteiger partial charge in [-0.2, -0.15) is 13.2 Å². The summed E-state index contributed by atoms with van der Waals surface area (Å²) in [5.74, 6) is 0. The minimum atomic E-state index is -4.32. The molecular formula is C12H14BrF3O. The predicted octanol–water partition coefficient (Wildman–Crippen LogP) is 4.96.